The number of halogens is 5. The maximum Gasteiger partial charge on any atom is 0.269 e. The average molecular weight is 523 g/mol. The summed E-state index contributed by atoms with van der Waals surface area (Å²) in [5.74, 6) is -9.50. The minimum Gasteiger partial charge on any atom is -0.372 e. The van der Waals surface area contributed by atoms with Gasteiger partial charge in [-0.3, -0.25) is 20.5 Å². The van der Waals surface area contributed by atoms with E-state index in [1.165, 1.54) is 12.1 Å². The number of hydrogen-bond donors (Lipinski definition) is 1. The lowest BCUT2D eigenvalue weighted by molar-refractivity contribution is -0.384. The maximum atomic E-state index is 13.8. The highest BCUT2D eigenvalue weighted by molar-refractivity contribution is 5.60. The summed E-state index contributed by atoms with van der Waals surface area (Å²) in [7, 11) is 1.82. The number of benzene rings is 3. The summed E-state index contributed by atoms with van der Waals surface area (Å²) in [5.41, 5.74) is 4.90. The van der Waals surface area contributed by atoms with Crippen LogP contribution in [0.5, 0.6) is 0 Å². The Labute approximate surface area is 211 Å². The van der Waals surface area contributed by atoms with Gasteiger partial charge in [0.2, 0.25) is 5.82 Å². The molecule has 0 bridgehead atoms. The van der Waals surface area contributed by atoms with Crippen LogP contribution < -0.4 is 15.3 Å². The quantitative estimate of drug-likeness (QED) is 0.0694. The maximum absolute atomic E-state index is 13.8. The van der Waals surface area contributed by atoms with Crippen molar-refractivity contribution >= 4 is 22.7 Å². The molecule has 0 spiro atoms. The zero-order valence-corrected chi connectivity index (χ0v) is 20.4. The second-order valence-electron chi connectivity index (χ2n) is 8.43. The van der Waals surface area contributed by atoms with Crippen LogP contribution >= 0.6 is 0 Å². The van der Waals surface area contributed by atoms with Crippen molar-refractivity contribution in [3.05, 3.63) is 93.3 Å². The number of nitro benzene ring substituents is 1. The topological polar surface area (TPSA) is 61.6 Å². The Morgan fingerprint density at radius 1 is 0.784 bits per heavy atom. The molecule has 11 heteroatoms. The summed E-state index contributed by atoms with van der Waals surface area (Å²) >= 11 is 0. The minimum absolute atomic E-state index is 0.00907. The van der Waals surface area contributed by atoms with Crippen LogP contribution in [-0.2, 0) is 6.42 Å². The summed E-state index contributed by atoms with van der Waals surface area (Å²) in [6.45, 7) is 3.36. The molecular weight excluding hydrogens is 495 g/mol. The fourth-order valence-electron chi connectivity index (χ4n) is 3.92. The summed E-state index contributed by atoms with van der Waals surface area (Å²) in [6.07, 6.45) is 1.28. The molecule has 3 aromatic rings. The van der Waals surface area contributed by atoms with Gasteiger partial charge in [0, 0.05) is 43.5 Å². The van der Waals surface area contributed by atoms with Crippen molar-refractivity contribution in [2.75, 3.05) is 35.5 Å². The van der Waals surface area contributed by atoms with Gasteiger partial charge in [-0.05, 0) is 62.6 Å². The molecule has 0 saturated carbocycles. The molecule has 0 saturated heterocycles. The molecule has 0 amide bonds. The Morgan fingerprint density at radius 2 is 1.32 bits per heavy atom. The van der Waals surface area contributed by atoms with E-state index in [0.717, 1.165) is 11.4 Å². The molecule has 198 valence electrons. The number of nitro groups is 1. The Hall–Kier alpha value is -3.89. The number of non-ortho nitro benzene ring substituents is 1. The zero-order chi connectivity index (χ0) is 27.1. The third kappa shape index (κ3) is 6.66. The molecule has 1 N–H and O–H groups in total. The molecule has 0 radical (unpaired) electrons. The Balaban J connectivity index is 1.51. The number of nitrogens with one attached hydrogen (secondary N) is 1. The Bertz CT molecular complexity index is 1190. The lowest BCUT2D eigenvalue weighted by Gasteiger charge is -2.25. The van der Waals surface area contributed by atoms with Crippen LogP contribution in [-0.4, -0.2) is 25.1 Å². The number of rotatable bonds is 12. The molecule has 3 aromatic carbocycles. The first kappa shape index (κ1) is 27.7. The molecule has 6 nitrogen and oxygen atoms in total. The highest BCUT2D eigenvalue weighted by atomic mass is 19.2. The number of nitrogens with zero attached hydrogens (tertiary/aromatic N) is 3. The molecule has 0 aromatic heterocycles. The van der Waals surface area contributed by atoms with Gasteiger partial charge in [0.05, 0.1) is 16.3 Å². The molecule has 0 aliphatic carbocycles. The van der Waals surface area contributed by atoms with E-state index in [2.05, 4.69) is 10.3 Å². The first-order valence-corrected chi connectivity index (χ1v) is 11.7. The lowest BCUT2D eigenvalue weighted by atomic mass is 10.0. The summed E-state index contributed by atoms with van der Waals surface area (Å²) in [6, 6.07) is 13.8. The van der Waals surface area contributed by atoms with Crippen molar-refractivity contribution in [3.8, 4) is 0 Å². The van der Waals surface area contributed by atoms with E-state index in [1.54, 1.807) is 17.1 Å². The van der Waals surface area contributed by atoms with Gasteiger partial charge in [0.1, 0.15) is 0 Å². The molecular formula is C26H27F5N4O2. The van der Waals surface area contributed by atoms with E-state index in [-0.39, 0.29) is 18.5 Å². The molecule has 0 atom stereocenters. The molecule has 3 rings (SSSR count). The molecule has 37 heavy (non-hydrogen) atoms. The lowest BCUT2D eigenvalue weighted by Crippen LogP contribution is -2.26. The largest absolute Gasteiger partial charge is 0.372 e. The highest BCUT2D eigenvalue weighted by Crippen LogP contribution is 2.25. The van der Waals surface area contributed by atoms with E-state index in [0.29, 0.717) is 31.6 Å². The van der Waals surface area contributed by atoms with Crippen LogP contribution in [0.15, 0.2) is 48.5 Å². The average Bonchev–Trinajstić information content (AvgIpc) is 2.90. The van der Waals surface area contributed by atoms with Crippen LogP contribution in [0, 0.1) is 39.2 Å². The minimum atomic E-state index is -2.14. The van der Waals surface area contributed by atoms with Gasteiger partial charge in [-0.2, -0.15) is 0 Å². The van der Waals surface area contributed by atoms with Gasteiger partial charge in [-0.15, -0.1) is 0 Å². The van der Waals surface area contributed by atoms with Gasteiger partial charge in [0.15, 0.2) is 23.3 Å². The monoisotopic (exact) mass is 522 g/mol. The van der Waals surface area contributed by atoms with Crippen molar-refractivity contribution in [1.82, 2.24) is 0 Å². The fraction of sp³-hybridized carbons (Fsp3) is 0.308. The van der Waals surface area contributed by atoms with Crippen molar-refractivity contribution < 1.29 is 26.9 Å². The second-order valence-corrected chi connectivity index (χ2v) is 8.43. The van der Waals surface area contributed by atoms with Crippen LogP contribution in [0.3, 0.4) is 0 Å². The number of hydrogen-bond acceptors (Lipinski definition) is 5. The van der Waals surface area contributed by atoms with Crippen LogP contribution in [0.2, 0.25) is 0 Å². The first-order valence-electron chi connectivity index (χ1n) is 11.7. The molecule has 0 heterocycles. The van der Waals surface area contributed by atoms with Crippen molar-refractivity contribution in [3.63, 3.8) is 0 Å². The van der Waals surface area contributed by atoms with E-state index in [4.69, 9.17) is 0 Å². The zero-order valence-electron chi connectivity index (χ0n) is 20.4. The summed E-state index contributed by atoms with van der Waals surface area (Å²) in [4.78, 5) is 12.4. The second kappa shape index (κ2) is 12.4. The first-order chi connectivity index (χ1) is 17.6. The van der Waals surface area contributed by atoms with E-state index < -0.39 is 39.6 Å². The highest BCUT2D eigenvalue weighted by Gasteiger charge is 2.25. The molecule has 0 fully saturated rings. The number of anilines is 3. The SMILES string of the molecule is CCN(CCCCCc1c(F)c(F)c(F)c(F)c1F)c1ccc(N(C)Nc2ccc([N+](=O)[O-])cc2)cc1. The number of unbranched alkanes of at least 4 members (excludes halogenated alkanes) is 2. The van der Waals surface area contributed by atoms with E-state index in [1.807, 2.05) is 38.2 Å². The van der Waals surface area contributed by atoms with Gasteiger partial charge >= 0.3 is 0 Å². The third-order valence-corrected chi connectivity index (χ3v) is 6.01. The standard InChI is InChI=1S/C26H27F5N4O2/c1-3-34(16-6-4-5-7-21-22(27)24(29)26(31)25(30)23(21)28)19-14-12-18(13-15-19)33(2)32-17-8-10-20(11-9-17)35(36)37/h8-15,32H,3-7,16H2,1-2H3. The van der Waals surface area contributed by atoms with Crippen molar-refractivity contribution in [2.45, 2.75) is 32.6 Å². The fourth-order valence-corrected chi connectivity index (χ4v) is 3.92. The normalized spacial score (nSPS) is 10.9. The molecule has 0 unspecified atom stereocenters. The Morgan fingerprint density at radius 3 is 1.86 bits per heavy atom. The Kier molecular flexibility index (Phi) is 9.26. The van der Waals surface area contributed by atoms with E-state index >= 15 is 0 Å². The molecule has 0 aliphatic rings. The van der Waals surface area contributed by atoms with Crippen molar-refractivity contribution in [1.29, 1.82) is 0 Å². The summed E-state index contributed by atoms with van der Waals surface area (Å²) in [5, 5.41) is 12.6. The predicted octanol–water partition coefficient (Wildman–Crippen LogP) is 6.99. The van der Waals surface area contributed by atoms with Crippen LogP contribution in [0.1, 0.15) is 31.7 Å². The predicted molar refractivity (Wildman–Crippen MR) is 133 cm³/mol. The van der Waals surface area contributed by atoms with Gasteiger partial charge in [0.25, 0.3) is 5.69 Å². The third-order valence-electron chi connectivity index (χ3n) is 6.01. The van der Waals surface area contributed by atoms with Crippen LogP contribution in [0.25, 0.3) is 0 Å². The van der Waals surface area contributed by atoms with Gasteiger partial charge < -0.3 is 4.90 Å². The smallest absolute Gasteiger partial charge is 0.269 e. The van der Waals surface area contributed by atoms with E-state index in [9.17, 15) is 32.1 Å². The van der Waals surface area contributed by atoms with Crippen molar-refractivity contribution in [2.24, 2.45) is 0 Å². The van der Waals surface area contributed by atoms with Crippen LogP contribution in [0.4, 0.5) is 44.7 Å². The summed E-state index contributed by atoms with van der Waals surface area (Å²) < 4.78 is 67.5. The van der Waals surface area contributed by atoms with Gasteiger partial charge in [-0.1, -0.05) is 6.42 Å². The number of hydrazine groups is 1. The van der Waals surface area contributed by atoms with Gasteiger partial charge in [-0.25, -0.2) is 22.0 Å². The molecule has 0 aliphatic heterocycles.